The van der Waals surface area contributed by atoms with Crippen LogP contribution in [0.1, 0.15) is 5.56 Å². The number of H-pyrrole nitrogens is 1. The third kappa shape index (κ3) is 1.41. The number of aromatic nitrogens is 1. The van der Waals surface area contributed by atoms with Crippen LogP contribution in [0, 0.1) is 10.5 Å². The molecule has 68 valence electrons. The predicted octanol–water partition coefficient (Wildman–Crippen LogP) is 3.09. The number of hydrogen-bond acceptors (Lipinski definition) is 1. The summed E-state index contributed by atoms with van der Waals surface area (Å²) in [5.41, 5.74) is 2.39. The van der Waals surface area contributed by atoms with Crippen LogP contribution in [0.2, 0.25) is 0 Å². The number of rotatable bonds is 1. The molecule has 1 aromatic carbocycles. The Bertz CT molecular complexity index is 447. The van der Waals surface area contributed by atoms with Crippen LogP contribution in [-0.2, 0) is 0 Å². The van der Waals surface area contributed by atoms with Crippen molar-refractivity contribution in [3.8, 4) is 5.75 Å². The number of nitrogens with one attached hydrogen (secondary N) is 1. The third-order valence-electron chi connectivity index (χ3n) is 2.14. The van der Waals surface area contributed by atoms with Gasteiger partial charge in [-0.3, -0.25) is 0 Å². The monoisotopic (exact) mass is 287 g/mol. The van der Waals surface area contributed by atoms with E-state index in [2.05, 4.69) is 40.6 Å². The number of hydrogen-bond donors (Lipinski definition) is 1. The summed E-state index contributed by atoms with van der Waals surface area (Å²) in [5.74, 6) is 0.906. The Kier molecular flexibility index (Phi) is 2.19. The van der Waals surface area contributed by atoms with E-state index in [1.165, 1.54) is 14.5 Å². The van der Waals surface area contributed by atoms with Crippen molar-refractivity contribution in [3.63, 3.8) is 0 Å². The van der Waals surface area contributed by atoms with Crippen molar-refractivity contribution in [1.82, 2.24) is 4.98 Å². The number of aryl methyl sites for hydroxylation is 1. The van der Waals surface area contributed by atoms with Gasteiger partial charge in [0.25, 0.3) is 0 Å². The smallest absolute Gasteiger partial charge is 0.121 e. The second-order valence-electron chi connectivity index (χ2n) is 3.00. The molecule has 13 heavy (non-hydrogen) atoms. The van der Waals surface area contributed by atoms with Gasteiger partial charge in [0, 0.05) is 21.2 Å². The first-order valence-electron chi connectivity index (χ1n) is 4.03. The van der Waals surface area contributed by atoms with E-state index >= 15 is 0 Å². The van der Waals surface area contributed by atoms with Gasteiger partial charge >= 0.3 is 0 Å². The lowest BCUT2D eigenvalue weighted by Gasteiger charge is -2.02. The predicted molar refractivity (Wildman–Crippen MR) is 62.3 cm³/mol. The quantitative estimate of drug-likeness (QED) is 0.801. The second-order valence-corrected chi connectivity index (χ2v) is 4.17. The van der Waals surface area contributed by atoms with Crippen LogP contribution >= 0.6 is 22.6 Å². The topological polar surface area (TPSA) is 25.0 Å². The molecule has 3 heteroatoms. The molecule has 0 radical (unpaired) electrons. The summed E-state index contributed by atoms with van der Waals surface area (Å²) in [5, 5.41) is 1.29. The lowest BCUT2D eigenvalue weighted by atomic mass is 10.1. The molecule has 2 rings (SSSR count). The van der Waals surface area contributed by atoms with Crippen molar-refractivity contribution < 1.29 is 4.74 Å². The summed E-state index contributed by atoms with van der Waals surface area (Å²) in [6, 6.07) is 4.07. The maximum Gasteiger partial charge on any atom is 0.121 e. The van der Waals surface area contributed by atoms with E-state index in [1.54, 1.807) is 7.11 Å². The van der Waals surface area contributed by atoms with E-state index in [1.807, 2.05) is 12.3 Å². The number of benzene rings is 1. The van der Waals surface area contributed by atoms with E-state index in [0.29, 0.717) is 0 Å². The minimum Gasteiger partial charge on any atom is -0.497 e. The molecule has 1 aromatic heterocycles. The average Bonchev–Trinajstić information content (AvgIpc) is 2.48. The Morgan fingerprint density at radius 1 is 1.38 bits per heavy atom. The minimum absolute atomic E-state index is 0.906. The first-order chi connectivity index (χ1) is 6.22. The van der Waals surface area contributed by atoms with Gasteiger partial charge in [-0.1, -0.05) is 0 Å². The lowest BCUT2D eigenvalue weighted by molar-refractivity contribution is 0.415. The molecule has 1 N–H and O–H groups in total. The van der Waals surface area contributed by atoms with Gasteiger partial charge in [0.15, 0.2) is 0 Å². The Labute approximate surface area is 90.4 Å². The van der Waals surface area contributed by atoms with Crippen molar-refractivity contribution in [2.24, 2.45) is 0 Å². The molecule has 0 aliphatic carbocycles. The molecule has 2 nitrogen and oxygen atoms in total. The van der Waals surface area contributed by atoms with Crippen molar-refractivity contribution >= 4 is 33.5 Å². The van der Waals surface area contributed by atoms with Gasteiger partial charge < -0.3 is 9.72 Å². The molecule has 0 fully saturated rings. The summed E-state index contributed by atoms with van der Waals surface area (Å²) in [6.45, 7) is 2.10. The molecule has 0 aliphatic heterocycles. The summed E-state index contributed by atoms with van der Waals surface area (Å²) < 4.78 is 6.45. The number of aromatic amines is 1. The molecular formula is C10H10INO. The van der Waals surface area contributed by atoms with E-state index in [4.69, 9.17) is 4.74 Å². The molecule has 1 heterocycles. The SMILES string of the molecule is COc1cc(C)c2c(I)c[nH]c2c1. The molecule has 0 aliphatic rings. The molecule has 0 amide bonds. The van der Waals surface area contributed by atoms with Crippen LogP contribution < -0.4 is 4.74 Å². The van der Waals surface area contributed by atoms with Gasteiger partial charge in [0.05, 0.1) is 12.6 Å². The van der Waals surface area contributed by atoms with Crippen LogP contribution in [0.4, 0.5) is 0 Å². The van der Waals surface area contributed by atoms with E-state index in [-0.39, 0.29) is 0 Å². The van der Waals surface area contributed by atoms with Crippen LogP contribution in [0.15, 0.2) is 18.3 Å². The molecule has 0 unspecified atom stereocenters. The molecule has 2 aromatic rings. The molecule has 0 spiro atoms. The van der Waals surface area contributed by atoms with Gasteiger partial charge in [-0.25, -0.2) is 0 Å². The van der Waals surface area contributed by atoms with Crippen LogP contribution in [0.25, 0.3) is 10.9 Å². The van der Waals surface area contributed by atoms with Crippen LogP contribution in [0.5, 0.6) is 5.75 Å². The zero-order chi connectivity index (χ0) is 9.42. The highest BCUT2D eigenvalue weighted by Gasteiger charge is 2.05. The Balaban J connectivity index is 2.79. The van der Waals surface area contributed by atoms with E-state index < -0.39 is 0 Å². The fourth-order valence-electron chi connectivity index (χ4n) is 1.52. The minimum atomic E-state index is 0.906. The van der Waals surface area contributed by atoms with Crippen molar-refractivity contribution in [1.29, 1.82) is 0 Å². The number of methoxy groups -OCH3 is 1. The maximum absolute atomic E-state index is 5.19. The van der Waals surface area contributed by atoms with Gasteiger partial charge in [-0.15, -0.1) is 0 Å². The molecule has 0 atom stereocenters. The second kappa shape index (κ2) is 3.21. The Morgan fingerprint density at radius 2 is 2.15 bits per heavy atom. The van der Waals surface area contributed by atoms with Crippen LogP contribution in [-0.4, -0.2) is 12.1 Å². The number of halogens is 1. The molecular weight excluding hydrogens is 277 g/mol. The lowest BCUT2D eigenvalue weighted by Crippen LogP contribution is -1.84. The van der Waals surface area contributed by atoms with Gasteiger partial charge in [-0.2, -0.15) is 0 Å². The highest BCUT2D eigenvalue weighted by atomic mass is 127. The number of fused-ring (bicyclic) bond motifs is 1. The first kappa shape index (κ1) is 8.87. The highest BCUT2D eigenvalue weighted by Crippen LogP contribution is 2.27. The molecule has 0 bridgehead atoms. The van der Waals surface area contributed by atoms with Gasteiger partial charge in [-0.05, 0) is 41.1 Å². The maximum atomic E-state index is 5.19. The number of ether oxygens (including phenoxy) is 1. The Morgan fingerprint density at radius 3 is 2.85 bits per heavy atom. The van der Waals surface area contributed by atoms with Gasteiger partial charge in [0.1, 0.15) is 5.75 Å². The fourth-order valence-corrected chi connectivity index (χ4v) is 2.39. The normalized spacial score (nSPS) is 10.7. The highest BCUT2D eigenvalue weighted by molar-refractivity contribution is 14.1. The van der Waals surface area contributed by atoms with Crippen LogP contribution in [0.3, 0.4) is 0 Å². The van der Waals surface area contributed by atoms with E-state index in [0.717, 1.165) is 11.3 Å². The zero-order valence-corrected chi connectivity index (χ0v) is 9.68. The molecule has 0 saturated heterocycles. The zero-order valence-electron chi connectivity index (χ0n) is 7.52. The molecule has 0 saturated carbocycles. The standard InChI is InChI=1S/C10H10INO/c1-6-3-7(13-2)4-9-10(6)8(11)5-12-9/h3-5,12H,1-2H3. The van der Waals surface area contributed by atoms with Gasteiger partial charge in [0.2, 0.25) is 0 Å². The largest absolute Gasteiger partial charge is 0.497 e. The Hall–Kier alpha value is -0.710. The summed E-state index contributed by atoms with van der Waals surface area (Å²) in [7, 11) is 1.69. The van der Waals surface area contributed by atoms with E-state index in [9.17, 15) is 0 Å². The third-order valence-corrected chi connectivity index (χ3v) is 2.99. The fraction of sp³-hybridized carbons (Fsp3) is 0.200. The summed E-state index contributed by atoms with van der Waals surface area (Å²) >= 11 is 2.33. The first-order valence-corrected chi connectivity index (χ1v) is 5.11. The summed E-state index contributed by atoms with van der Waals surface area (Å²) in [4.78, 5) is 3.22. The van der Waals surface area contributed by atoms with Crippen molar-refractivity contribution in [3.05, 3.63) is 27.5 Å². The van der Waals surface area contributed by atoms with Crippen molar-refractivity contribution in [2.75, 3.05) is 7.11 Å². The van der Waals surface area contributed by atoms with Crippen molar-refractivity contribution in [2.45, 2.75) is 6.92 Å². The average molecular weight is 287 g/mol. The summed E-state index contributed by atoms with van der Waals surface area (Å²) in [6.07, 6.45) is 2.01.